The van der Waals surface area contributed by atoms with Crippen molar-refractivity contribution in [2.75, 3.05) is 26.4 Å². The highest BCUT2D eigenvalue weighted by atomic mass is 32.1. The Hall–Kier alpha value is -7.48. The van der Waals surface area contributed by atoms with Gasteiger partial charge in [-0.2, -0.15) is 0 Å². The number of hydrogen-bond acceptors (Lipinski definition) is 8. The third-order valence-corrected chi connectivity index (χ3v) is 27.2. The van der Waals surface area contributed by atoms with Crippen molar-refractivity contribution in [3.05, 3.63) is 212 Å². The monoisotopic (exact) mass is 1550 g/mol. The van der Waals surface area contributed by atoms with Crippen LogP contribution in [0.15, 0.2) is 158 Å². The van der Waals surface area contributed by atoms with Gasteiger partial charge in [0.1, 0.15) is 34.6 Å². The summed E-state index contributed by atoms with van der Waals surface area (Å²) in [6, 6.07) is 55.1. The lowest BCUT2D eigenvalue weighted by Gasteiger charge is -2.24. The number of hydrogen-bond donors (Lipinski definition) is 0. The average molecular weight is 1560 g/mol. The summed E-state index contributed by atoms with van der Waals surface area (Å²) in [6.07, 6.45) is 28.6. The van der Waals surface area contributed by atoms with Crippen LogP contribution in [-0.4, -0.2) is 35.6 Å². The number of halogens is 2. The predicted molar refractivity (Wildman–Crippen MR) is 470 cm³/mol. The molecule has 0 aliphatic carbocycles. The summed E-state index contributed by atoms with van der Waals surface area (Å²) in [5, 5.41) is 1.46. The van der Waals surface area contributed by atoms with E-state index in [-0.39, 0.29) is 11.6 Å². The van der Waals surface area contributed by atoms with Gasteiger partial charge in [-0.3, -0.25) is 0 Å². The fraction of sp³-hybridized carbons (Fsp3) is 0.449. The summed E-state index contributed by atoms with van der Waals surface area (Å²) in [5.41, 5.74) is 11.0. The molecule has 12 heteroatoms. The van der Waals surface area contributed by atoms with E-state index in [1.165, 1.54) is 78.9 Å². The molecule has 2 atom stereocenters. The Morgan fingerprint density at radius 2 is 0.636 bits per heavy atom. The number of fused-ring (bicyclic) bond motifs is 5. The Balaban J connectivity index is 1.18. The molecular formula is C98H120F2N2O4S4. The van der Waals surface area contributed by atoms with Crippen LogP contribution in [0.4, 0.5) is 8.78 Å². The number of ether oxygens (including phenoxy) is 4. The Labute approximate surface area is 672 Å². The average Bonchev–Trinajstić information content (AvgIpc) is 1.53. The number of rotatable bonds is 46. The normalized spacial score (nSPS) is 12.5. The van der Waals surface area contributed by atoms with E-state index in [2.05, 4.69) is 224 Å². The van der Waals surface area contributed by atoms with Gasteiger partial charge in [0.2, 0.25) is 0 Å². The van der Waals surface area contributed by atoms with Gasteiger partial charge >= 0.3 is 0 Å². The molecule has 584 valence electrons. The first kappa shape index (κ1) is 82.0. The van der Waals surface area contributed by atoms with Crippen LogP contribution in [0.2, 0.25) is 0 Å². The summed E-state index contributed by atoms with van der Waals surface area (Å²) in [5.74, 6) is 3.62. The van der Waals surface area contributed by atoms with Gasteiger partial charge in [-0.25, -0.2) is 8.78 Å². The van der Waals surface area contributed by atoms with Gasteiger partial charge in [-0.15, -0.1) is 45.3 Å². The van der Waals surface area contributed by atoms with Crippen LogP contribution in [0, 0.1) is 37.3 Å². The summed E-state index contributed by atoms with van der Waals surface area (Å²) in [6.45, 7) is 25.0. The van der Waals surface area contributed by atoms with E-state index in [1.807, 2.05) is 34.8 Å². The fourth-order valence-electron chi connectivity index (χ4n) is 16.1. The van der Waals surface area contributed by atoms with Crippen LogP contribution in [0.3, 0.4) is 0 Å². The van der Waals surface area contributed by atoms with Crippen molar-refractivity contribution in [2.24, 2.45) is 11.8 Å². The number of aromatic nitrogens is 2. The van der Waals surface area contributed by atoms with Crippen molar-refractivity contribution >= 4 is 78.2 Å². The second-order valence-electron chi connectivity index (χ2n) is 30.8. The van der Waals surface area contributed by atoms with Gasteiger partial charge in [0, 0.05) is 60.9 Å². The summed E-state index contributed by atoms with van der Waals surface area (Å²) < 4.78 is 69.3. The first-order valence-electron chi connectivity index (χ1n) is 42.2. The SMILES string of the molecule is CCCCCCOc1ccc(C(c2ccc(OCCCCCC)cc2)n2c3cc(-c4cc(CC(CC)CCCC)c(-c5ccc(C)s5)s4)c(F)cc3c3c2c2cc(F)c(-c4cc(CC(CC)CCCC)c(-c5ccc(C)s5)s4)cc2n3C(c2ccc(OCCCCCC)cc2)c2ccc(OCCCCCC)cc2)cc1. The molecule has 0 fully saturated rings. The molecule has 6 heterocycles. The van der Waals surface area contributed by atoms with Crippen molar-refractivity contribution in [3.63, 3.8) is 0 Å². The number of nitrogens with zero attached hydrogens (tertiary/aromatic N) is 2. The van der Waals surface area contributed by atoms with E-state index in [1.54, 1.807) is 22.7 Å². The summed E-state index contributed by atoms with van der Waals surface area (Å²) >= 11 is 7.06. The molecule has 0 saturated carbocycles. The smallest absolute Gasteiger partial charge is 0.132 e. The van der Waals surface area contributed by atoms with E-state index in [4.69, 9.17) is 18.9 Å². The molecule has 6 aromatic carbocycles. The second-order valence-corrected chi connectivity index (χ2v) is 35.5. The van der Waals surface area contributed by atoms with Crippen molar-refractivity contribution in [1.29, 1.82) is 0 Å². The second kappa shape index (κ2) is 40.8. The van der Waals surface area contributed by atoms with Crippen LogP contribution in [-0.2, 0) is 12.8 Å². The standard InChI is InChI=1S/C98H120F2N2O4S4/c1-11-19-25-29-55-103-77-45-37-71(38-46-77)93(72-39-47-78(48-40-72)104-56-30-26-20-12-2)101-87-65-81(91-61-75(59-69(17-7)33-23-15-5)97(109-91)89-53-35-67(9)107-89)85(99)63-83(87)96-95(101)84-64-86(100)82(92-62-76(60-70(18-8)34-24-16-6)98(110-92)90-54-36-68(10)108-90)66-88(84)102(96)94(73-41-49-79(50-42-73)105-57-31-27-21-13-3)74-43-51-80(52-44-74)106-58-32-28-22-14-4/h35-54,61-66,69-70,93-94H,11-34,55-60H2,1-10H3. The van der Waals surface area contributed by atoms with E-state index in [9.17, 15) is 0 Å². The topological polar surface area (TPSA) is 46.8 Å². The van der Waals surface area contributed by atoms with Crippen LogP contribution in [0.25, 0.3) is 73.2 Å². The van der Waals surface area contributed by atoms with E-state index in [0.717, 1.165) is 216 Å². The van der Waals surface area contributed by atoms with Gasteiger partial charge < -0.3 is 28.1 Å². The van der Waals surface area contributed by atoms with Crippen molar-refractivity contribution < 1.29 is 27.7 Å². The zero-order chi connectivity index (χ0) is 76.9. The lowest BCUT2D eigenvalue weighted by atomic mass is 9.91. The molecule has 12 aromatic rings. The molecule has 0 aliphatic rings. The van der Waals surface area contributed by atoms with Crippen LogP contribution in [0.5, 0.6) is 23.0 Å². The Bertz CT molecular complexity index is 4400. The molecule has 0 spiro atoms. The lowest BCUT2D eigenvalue weighted by Crippen LogP contribution is -2.13. The Kier molecular flexibility index (Phi) is 30.4. The quantitative estimate of drug-likeness (QED) is 0.0357. The molecule has 0 amide bonds. The highest BCUT2D eigenvalue weighted by Crippen LogP contribution is 2.52. The highest BCUT2D eigenvalue weighted by molar-refractivity contribution is 7.24. The Morgan fingerprint density at radius 3 is 0.909 bits per heavy atom. The zero-order valence-electron chi connectivity index (χ0n) is 67.5. The Morgan fingerprint density at radius 1 is 0.327 bits per heavy atom. The fourth-order valence-corrected chi connectivity index (χ4v) is 20.6. The van der Waals surface area contributed by atoms with E-state index in [0.29, 0.717) is 49.4 Å². The summed E-state index contributed by atoms with van der Waals surface area (Å²) in [4.78, 5) is 9.16. The maximum atomic E-state index is 19.1. The van der Waals surface area contributed by atoms with Crippen LogP contribution < -0.4 is 18.9 Å². The predicted octanol–water partition coefficient (Wildman–Crippen LogP) is 31.2. The lowest BCUT2D eigenvalue weighted by molar-refractivity contribution is 0.304. The molecule has 2 unspecified atom stereocenters. The minimum absolute atomic E-state index is 0.304. The number of thiophene rings is 4. The summed E-state index contributed by atoms with van der Waals surface area (Å²) in [7, 11) is 0. The number of benzene rings is 6. The molecule has 12 rings (SSSR count). The van der Waals surface area contributed by atoms with Crippen LogP contribution >= 0.6 is 45.3 Å². The van der Waals surface area contributed by atoms with Gasteiger partial charge in [-0.05, 0) is 207 Å². The number of unbranched alkanes of at least 4 members (excludes halogenated alkanes) is 14. The molecule has 6 aromatic heterocycles. The third-order valence-electron chi connectivity index (χ3n) is 22.5. The van der Waals surface area contributed by atoms with Gasteiger partial charge in [0.15, 0.2) is 0 Å². The molecule has 0 saturated heterocycles. The van der Waals surface area contributed by atoms with Crippen molar-refractivity contribution in [2.45, 2.75) is 248 Å². The molecule has 0 bridgehead atoms. The molecule has 0 N–H and O–H groups in total. The molecule has 110 heavy (non-hydrogen) atoms. The van der Waals surface area contributed by atoms with Gasteiger partial charge in [0.25, 0.3) is 0 Å². The van der Waals surface area contributed by atoms with E-state index < -0.39 is 12.1 Å². The zero-order valence-corrected chi connectivity index (χ0v) is 70.7. The minimum Gasteiger partial charge on any atom is -0.494 e. The van der Waals surface area contributed by atoms with Gasteiger partial charge in [0.05, 0.1) is 60.6 Å². The molecule has 0 aliphatic heterocycles. The first-order valence-corrected chi connectivity index (χ1v) is 45.4. The first-order chi connectivity index (χ1) is 53.9. The largest absolute Gasteiger partial charge is 0.494 e. The van der Waals surface area contributed by atoms with Crippen molar-refractivity contribution in [3.8, 4) is 63.4 Å². The van der Waals surface area contributed by atoms with Gasteiger partial charge in [-0.1, -0.05) is 232 Å². The van der Waals surface area contributed by atoms with E-state index >= 15 is 8.78 Å². The number of aryl methyl sites for hydroxylation is 2. The minimum atomic E-state index is -0.531. The molecule has 6 nitrogen and oxygen atoms in total. The van der Waals surface area contributed by atoms with Crippen LogP contribution in [0.1, 0.15) is 265 Å². The maximum Gasteiger partial charge on any atom is 0.132 e. The third kappa shape index (κ3) is 20.1. The molecule has 0 radical (unpaired) electrons. The van der Waals surface area contributed by atoms with Crippen molar-refractivity contribution in [1.82, 2.24) is 9.13 Å². The molecular weight excluding hydrogens is 1440 g/mol. The maximum absolute atomic E-state index is 19.1. The highest BCUT2D eigenvalue weighted by Gasteiger charge is 2.34.